The fourth-order valence-corrected chi connectivity index (χ4v) is 3.68. The van der Waals surface area contributed by atoms with Gasteiger partial charge in [-0.25, -0.2) is 13.6 Å². The van der Waals surface area contributed by atoms with E-state index >= 15 is 0 Å². The number of sulfonamides is 1. The van der Waals surface area contributed by atoms with Crippen molar-refractivity contribution in [3.63, 3.8) is 0 Å². The van der Waals surface area contributed by atoms with Crippen LogP contribution < -0.4 is 5.14 Å². The molecule has 9 heteroatoms. The minimum Gasteiger partial charge on any atom is -0.380 e. The summed E-state index contributed by atoms with van der Waals surface area (Å²) in [5, 5.41) is 16.1. The number of ether oxygens (including phenoxy) is 1. The minimum absolute atomic E-state index is 0.0408. The molecule has 1 heterocycles. The molecule has 1 aliphatic rings. The Morgan fingerprint density at radius 3 is 2.74 bits per heavy atom. The number of carbonyl (C=O) groups excluding carboxylic acids is 1. The van der Waals surface area contributed by atoms with Crippen molar-refractivity contribution in [2.75, 3.05) is 13.7 Å². The largest absolute Gasteiger partial charge is 0.380 e. The number of carbonyl (C=O) groups is 1. The second-order valence-electron chi connectivity index (χ2n) is 5.56. The SMILES string of the molecule is COC(C)CN1C(=O)CCC1(O)c1ccc(Cl)c(S(N)(=O)=O)c1. The minimum atomic E-state index is -4.04. The number of nitrogens with zero attached hydrogens (tertiary/aromatic N) is 1. The van der Waals surface area contributed by atoms with Gasteiger partial charge in [0.05, 0.1) is 11.1 Å². The average molecular weight is 363 g/mol. The van der Waals surface area contributed by atoms with Gasteiger partial charge in [-0.15, -0.1) is 0 Å². The number of halogens is 1. The van der Waals surface area contributed by atoms with Gasteiger partial charge in [0.2, 0.25) is 15.9 Å². The van der Waals surface area contributed by atoms with E-state index in [0.717, 1.165) is 0 Å². The number of primary sulfonamides is 1. The van der Waals surface area contributed by atoms with Crippen LogP contribution in [0.4, 0.5) is 0 Å². The van der Waals surface area contributed by atoms with E-state index in [4.69, 9.17) is 21.5 Å². The summed E-state index contributed by atoms with van der Waals surface area (Å²) in [5.41, 5.74) is -1.37. The lowest BCUT2D eigenvalue weighted by atomic mass is 10.00. The Labute approximate surface area is 140 Å². The molecule has 0 aliphatic carbocycles. The molecule has 7 nitrogen and oxygen atoms in total. The Hall–Kier alpha value is -1.19. The quantitative estimate of drug-likeness (QED) is 0.804. The summed E-state index contributed by atoms with van der Waals surface area (Å²) in [5.74, 6) is -0.233. The Morgan fingerprint density at radius 1 is 1.52 bits per heavy atom. The second-order valence-corrected chi connectivity index (χ2v) is 7.49. The first-order valence-electron chi connectivity index (χ1n) is 6.98. The van der Waals surface area contributed by atoms with Crippen LogP contribution in [0, 0.1) is 0 Å². The van der Waals surface area contributed by atoms with E-state index in [-0.39, 0.29) is 46.9 Å². The van der Waals surface area contributed by atoms with Gasteiger partial charge in [-0.1, -0.05) is 17.7 Å². The van der Waals surface area contributed by atoms with E-state index < -0.39 is 15.7 Å². The van der Waals surface area contributed by atoms with E-state index in [1.807, 2.05) is 0 Å². The van der Waals surface area contributed by atoms with Gasteiger partial charge in [-0.2, -0.15) is 0 Å². The summed E-state index contributed by atoms with van der Waals surface area (Å²) in [7, 11) is -2.54. The average Bonchev–Trinajstić information content (AvgIpc) is 2.75. The maximum absolute atomic E-state index is 12.1. The Bertz CT molecular complexity index is 724. The van der Waals surface area contributed by atoms with Crippen LogP contribution in [0.15, 0.2) is 23.1 Å². The molecule has 3 N–H and O–H groups in total. The van der Waals surface area contributed by atoms with Gasteiger partial charge < -0.3 is 14.7 Å². The van der Waals surface area contributed by atoms with Gasteiger partial charge in [0.15, 0.2) is 5.72 Å². The van der Waals surface area contributed by atoms with Crippen LogP contribution in [0.2, 0.25) is 5.02 Å². The van der Waals surface area contributed by atoms with Crippen LogP contribution in [0.5, 0.6) is 0 Å². The molecule has 2 rings (SSSR count). The first-order chi connectivity index (χ1) is 10.6. The highest BCUT2D eigenvalue weighted by Crippen LogP contribution is 2.39. The van der Waals surface area contributed by atoms with Crippen LogP contribution in [-0.2, 0) is 25.3 Å². The highest BCUT2D eigenvalue weighted by atomic mass is 35.5. The zero-order valence-corrected chi connectivity index (χ0v) is 14.4. The van der Waals surface area contributed by atoms with Gasteiger partial charge >= 0.3 is 0 Å². The van der Waals surface area contributed by atoms with Crippen molar-refractivity contribution in [1.29, 1.82) is 0 Å². The topological polar surface area (TPSA) is 110 Å². The second kappa shape index (κ2) is 6.37. The van der Waals surface area contributed by atoms with E-state index in [9.17, 15) is 18.3 Å². The third-order valence-corrected chi connectivity index (χ3v) is 5.37. The monoisotopic (exact) mass is 362 g/mol. The molecule has 23 heavy (non-hydrogen) atoms. The summed E-state index contributed by atoms with van der Waals surface area (Å²) in [6.07, 6.45) is 0.0161. The van der Waals surface area contributed by atoms with Gasteiger partial charge in [0.1, 0.15) is 4.90 Å². The number of amides is 1. The molecule has 0 saturated carbocycles. The number of hydrogen-bond acceptors (Lipinski definition) is 5. The first kappa shape index (κ1) is 18.2. The van der Waals surface area contributed by atoms with Crippen molar-refractivity contribution in [1.82, 2.24) is 4.90 Å². The molecular weight excluding hydrogens is 344 g/mol. The lowest BCUT2D eigenvalue weighted by Crippen LogP contribution is -2.46. The highest BCUT2D eigenvalue weighted by Gasteiger charge is 2.46. The molecule has 2 unspecified atom stereocenters. The number of methoxy groups -OCH3 is 1. The summed E-state index contributed by atoms with van der Waals surface area (Å²) in [6.45, 7) is 1.95. The van der Waals surface area contributed by atoms with Crippen molar-refractivity contribution in [2.24, 2.45) is 5.14 Å². The summed E-state index contributed by atoms with van der Waals surface area (Å²) >= 11 is 5.86. The Balaban J connectivity index is 2.48. The maximum Gasteiger partial charge on any atom is 0.239 e. The van der Waals surface area contributed by atoms with Gasteiger partial charge in [-0.3, -0.25) is 4.79 Å². The normalized spacial score (nSPS) is 23.3. The van der Waals surface area contributed by atoms with Crippen molar-refractivity contribution in [3.8, 4) is 0 Å². The van der Waals surface area contributed by atoms with E-state index in [2.05, 4.69) is 0 Å². The summed E-state index contributed by atoms with van der Waals surface area (Å²) in [4.78, 5) is 13.1. The lowest BCUT2D eigenvalue weighted by Gasteiger charge is -2.35. The molecule has 1 aliphatic heterocycles. The molecule has 2 atom stereocenters. The molecule has 1 amide bonds. The van der Waals surface area contributed by atoms with E-state index in [1.165, 1.54) is 30.2 Å². The maximum atomic E-state index is 12.1. The first-order valence-corrected chi connectivity index (χ1v) is 8.90. The molecular formula is C14H19ClN2O5S. The van der Waals surface area contributed by atoms with E-state index in [1.54, 1.807) is 6.92 Å². The number of aliphatic hydroxyl groups is 1. The zero-order chi connectivity index (χ0) is 17.4. The van der Waals surface area contributed by atoms with Crippen molar-refractivity contribution < 1.29 is 23.1 Å². The van der Waals surface area contributed by atoms with Gasteiger partial charge in [0.25, 0.3) is 0 Å². The molecule has 1 saturated heterocycles. The molecule has 0 spiro atoms. The number of hydrogen-bond donors (Lipinski definition) is 2. The highest BCUT2D eigenvalue weighted by molar-refractivity contribution is 7.89. The third kappa shape index (κ3) is 3.51. The predicted molar refractivity (Wildman–Crippen MR) is 84.1 cm³/mol. The zero-order valence-electron chi connectivity index (χ0n) is 12.8. The lowest BCUT2D eigenvalue weighted by molar-refractivity contribution is -0.151. The number of likely N-dealkylation sites (tertiary alicyclic amines) is 1. The standard InChI is InChI=1S/C14H19ClN2O5S/c1-9(22-2)8-17-13(18)5-6-14(17,19)10-3-4-11(15)12(7-10)23(16,20)21/h3-4,7,9,19H,5-6,8H2,1-2H3,(H2,16,20,21). The predicted octanol–water partition coefficient (Wildman–Crippen LogP) is 0.790. The fourth-order valence-electron chi connectivity index (χ4n) is 2.61. The fraction of sp³-hybridized carbons (Fsp3) is 0.500. The van der Waals surface area contributed by atoms with Crippen LogP contribution in [0.3, 0.4) is 0 Å². The number of nitrogens with two attached hydrogens (primary N) is 1. The van der Waals surface area contributed by atoms with Crippen LogP contribution in [0.1, 0.15) is 25.3 Å². The molecule has 1 aromatic carbocycles. The van der Waals surface area contributed by atoms with Crippen LogP contribution in [-0.4, -0.2) is 44.1 Å². The molecule has 0 bridgehead atoms. The number of rotatable bonds is 5. The molecule has 1 fully saturated rings. The smallest absolute Gasteiger partial charge is 0.239 e. The van der Waals surface area contributed by atoms with Crippen molar-refractivity contribution in [2.45, 2.75) is 36.5 Å². The summed E-state index contributed by atoms with van der Waals surface area (Å²) < 4.78 is 28.4. The third-order valence-electron chi connectivity index (χ3n) is 3.98. The van der Waals surface area contributed by atoms with Crippen molar-refractivity contribution in [3.05, 3.63) is 28.8 Å². The molecule has 1 aromatic rings. The Kier molecular flexibility index (Phi) is 5.03. The molecule has 128 valence electrons. The Morgan fingerprint density at radius 2 is 2.17 bits per heavy atom. The van der Waals surface area contributed by atoms with E-state index in [0.29, 0.717) is 0 Å². The van der Waals surface area contributed by atoms with Gasteiger partial charge in [0, 0.05) is 32.1 Å². The summed E-state index contributed by atoms with van der Waals surface area (Å²) in [6, 6.07) is 4.04. The van der Waals surface area contributed by atoms with Crippen molar-refractivity contribution >= 4 is 27.5 Å². The van der Waals surface area contributed by atoms with Crippen LogP contribution in [0.25, 0.3) is 0 Å². The van der Waals surface area contributed by atoms with Crippen LogP contribution >= 0.6 is 11.6 Å². The molecule has 0 aromatic heterocycles. The van der Waals surface area contributed by atoms with Gasteiger partial charge in [-0.05, 0) is 19.1 Å². The number of benzene rings is 1. The molecule has 0 radical (unpaired) electrons.